The summed E-state index contributed by atoms with van der Waals surface area (Å²) in [4.78, 5) is 0.0995. The van der Waals surface area contributed by atoms with Crippen LogP contribution in [0.5, 0.6) is 0 Å². The molecule has 0 unspecified atom stereocenters. The number of nitriles is 1. The van der Waals surface area contributed by atoms with E-state index in [9.17, 15) is 13.7 Å². The molecule has 0 aliphatic carbocycles. The van der Waals surface area contributed by atoms with Crippen molar-refractivity contribution in [2.45, 2.75) is 37.2 Å². The van der Waals surface area contributed by atoms with Crippen LogP contribution in [0.15, 0.2) is 23.1 Å². The molecule has 0 spiro atoms. The zero-order chi connectivity index (χ0) is 16.9. The number of hydrogen-bond donors (Lipinski definition) is 1. The molecule has 0 atom stereocenters. The van der Waals surface area contributed by atoms with E-state index in [0.29, 0.717) is 44.6 Å². The molecule has 1 heterocycles. The van der Waals surface area contributed by atoms with Crippen LogP contribution in [-0.4, -0.2) is 45.1 Å². The lowest BCUT2D eigenvalue weighted by molar-refractivity contribution is 0.0209. The maximum Gasteiger partial charge on any atom is 0.244 e. The first-order valence-electron chi connectivity index (χ1n) is 7.82. The van der Waals surface area contributed by atoms with Crippen molar-refractivity contribution >= 4 is 10.0 Å². The number of sulfonamides is 1. The summed E-state index contributed by atoms with van der Waals surface area (Å²) < 4.78 is 32.8. The second-order valence-corrected chi connectivity index (χ2v) is 7.58. The van der Waals surface area contributed by atoms with Crippen LogP contribution < -0.4 is 5.73 Å². The molecule has 1 aromatic carbocycles. The zero-order valence-electron chi connectivity index (χ0n) is 13.4. The molecule has 1 aliphatic rings. The third kappa shape index (κ3) is 4.09. The van der Waals surface area contributed by atoms with Gasteiger partial charge in [-0.15, -0.1) is 0 Å². The Labute approximate surface area is 137 Å². The Morgan fingerprint density at radius 2 is 2.09 bits per heavy atom. The minimum atomic E-state index is -3.64. The first kappa shape index (κ1) is 17.9. The van der Waals surface area contributed by atoms with Gasteiger partial charge in [0.05, 0.1) is 11.7 Å². The van der Waals surface area contributed by atoms with Crippen LogP contribution in [-0.2, 0) is 14.8 Å². The standard InChI is InChI=1S/C16H23N3O3S/c1-13-4-2-5-16(15(13)12-18)23(20,21)19-9-6-14(7-10-19)22-11-3-8-17/h2,4-5,14H,3,6-11,17H2,1H3. The molecule has 126 valence electrons. The van der Waals surface area contributed by atoms with E-state index in [0.717, 1.165) is 6.42 Å². The molecule has 1 aliphatic heterocycles. The zero-order valence-corrected chi connectivity index (χ0v) is 14.2. The topological polar surface area (TPSA) is 96.4 Å². The summed E-state index contributed by atoms with van der Waals surface area (Å²) in [6.07, 6.45) is 2.23. The summed E-state index contributed by atoms with van der Waals surface area (Å²) in [5.41, 5.74) is 6.34. The Balaban J connectivity index is 2.08. The van der Waals surface area contributed by atoms with E-state index < -0.39 is 10.0 Å². The van der Waals surface area contributed by atoms with Gasteiger partial charge in [0.1, 0.15) is 11.0 Å². The average Bonchev–Trinajstić information content (AvgIpc) is 2.55. The molecule has 2 rings (SSSR count). The second kappa shape index (κ2) is 7.88. The van der Waals surface area contributed by atoms with Gasteiger partial charge >= 0.3 is 0 Å². The third-order valence-corrected chi connectivity index (χ3v) is 6.01. The lowest BCUT2D eigenvalue weighted by Crippen LogP contribution is -2.41. The number of benzene rings is 1. The number of nitrogens with zero attached hydrogens (tertiary/aromatic N) is 2. The van der Waals surface area contributed by atoms with Gasteiger partial charge in [0, 0.05) is 19.7 Å². The molecule has 2 N–H and O–H groups in total. The van der Waals surface area contributed by atoms with Gasteiger partial charge in [0.15, 0.2) is 0 Å². The number of rotatable bonds is 6. The van der Waals surface area contributed by atoms with Crippen molar-refractivity contribution in [3.63, 3.8) is 0 Å². The largest absolute Gasteiger partial charge is 0.378 e. The molecule has 0 saturated carbocycles. The highest BCUT2D eigenvalue weighted by molar-refractivity contribution is 7.89. The van der Waals surface area contributed by atoms with Crippen molar-refractivity contribution in [1.29, 1.82) is 5.26 Å². The van der Waals surface area contributed by atoms with Gasteiger partial charge in [0.25, 0.3) is 0 Å². The summed E-state index contributed by atoms with van der Waals surface area (Å²) in [5, 5.41) is 9.26. The Morgan fingerprint density at radius 1 is 1.39 bits per heavy atom. The SMILES string of the molecule is Cc1cccc(S(=O)(=O)N2CCC(OCCCN)CC2)c1C#N. The number of nitrogens with two attached hydrogens (primary N) is 1. The smallest absolute Gasteiger partial charge is 0.244 e. The van der Waals surface area contributed by atoms with E-state index in [-0.39, 0.29) is 16.6 Å². The summed E-state index contributed by atoms with van der Waals surface area (Å²) in [7, 11) is -3.64. The fourth-order valence-corrected chi connectivity index (χ4v) is 4.40. The predicted molar refractivity (Wildman–Crippen MR) is 87.3 cm³/mol. The molecular formula is C16H23N3O3S. The Hall–Kier alpha value is -1.46. The van der Waals surface area contributed by atoms with Crippen molar-refractivity contribution in [1.82, 2.24) is 4.31 Å². The van der Waals surface area contributed by atoms with Gasteiger partial charge in [-0.05, 0) is 44.4 Å². The number of ether oxygens (including phenoxy) is 1. The predicted octanol–water partition coefficient (Wildman–Crippen LogP) is 1.39. The van der Waals surface area contributed by atoms with E-state index in [2.05, 4.69) is 0 Å². The van der Waals surface area contributed by atoms with E-state index >= 15 is 0 Å². The maximum atomic E-state index is 12.8. The number of hydrogen-bond acceptors (Lipinski definition) is 5. The molecule has 1 fully saturated rings. The minimum absolute atomic E-state index is 0.0842. The molecular weight excluding hydrogens is 314 g/mol. The second-order valence-electron chi connectivity index (χ2n) is 5.68. The Bertz CT molecular complexity index is 674. The first-order chi connectivity index (χ1) is 11.0. The molecule has 23 heavy (non-hydrogen) atoms. The number of piperidine rings is 1. The fourth-order valence-electron chi connectivity index (χ4n) is 2.71. The molecule has 7 heteroatoms. The van der Waals surface area contributed by atoms with E-state index in [1.165, 1.54) is 10.4 Å². The van der Waals surface area contributed by atoms with Crippen molar-refractivity contribution in [2.24, 2.45) is 5.73 Å². The normalized spacial score (nSPS) is 17.1. The molecule has 1 saturated heterocycles. The highest BCUT2D eigenvalue weighted by Crippen LogP contribution is 2.25. The van der Waals surface area contributed by atoms with E-state index in [1.54, 1.807) is 19.1 Å². The van der Waals surface area contributed by atoms with Crippen molar-refractivity contribution in [3.8, 4) is 6.07 Å². The van der Waals surface area contributed by atoms with Gasteiger partial charge in [-0.2, -0.15) is 9.57 Å². The summed E-state index contributed by atoms with van der Waals surface area (Å²) >= 11 is 0. The molecule has 0 aromatic heterocycles. The first-order valence-corrected chi connectivity index (χ1v) is 9.26. The van der Waals surface area contributed by atoms with Crippen LogP contribution in [0.25, 0.3) is 0 Å². The third-order valence-electron chi connectivity index (χ3n) is 4.07. The highest BCUT2D eigenvalue weighted by Gasteiger charge is 2.31. The van der Waals surface area contributed by atoms with Crippen LogP contribution in [0.4, 0.5) is 0 Å². The summed E-state index contributed by atoms with van der Waals surface area (Å²) in [6.45, 7) is 3.78. The quantitative estimate of drug-likeness (QED) is 0.791. The van der Waals surface area contributed by atoms with Crippen LogP contribution >= 0.6 is 0 Å². The van der Waals surface area contributed by atoms with Crippen molar-refractivity contribution in [2.75, 3.05) is 26.2 Å². The van der Waals surface area contributed by atoms with Crippen LogP contribution in [0.3, 0.4) is 0 Å². The average molecular weight is 337 g/mol. The van der Waals surface area contributed by atoms with Gasteiger partial charge in [0.2, 0.25) is 10.0 Å². The summed E-state index contributed by atoms with van der Waals surface area (Å²) in [6, 6.07) is 6.93. The Morgan fingerprint density at radius 3 is 2.70 bits per heavy atom. The Kier molecular flexibility index (Phi) is 6.13. The summed E-state index contributed by atoms with van der Waals surface area (Å²) in [5.74, 6) is 0. The van der Waals surface area contributed by atoms with Gasteiger partial charge < -0.3 is 10.5 Å². The van der Waals surface area contributed by atoms with Crippen LogP contribution in [0.2, 0.25) is 0 Å². The molecule has 0 amide bonds. The molecule has 1 aromatic rings. The minimum Gasteiger partial charge on any atom is -0.378 e. The monoisotopic (exact) mass is 337 g/mol. The fraction of sp³-hybridized carbons (Fsp3) is 0.562. The van der Waals surface area contributed by atoms with E-state index in [4.69, 9.17) is 10.5 Å². The molecule has 0 radical (unpaired) electrons. The highest BCUT2D eigenvalue weighted by atomic mass is 32.2. The molecule has 6 nitrogen and oxygen atoms in total. The maximum absolute atomic E-state index is 12.8. The van der Waals surface area contributed by atoms with Gasteiger partial charge in [-0.25, -0.2) is 8.42 Å². The molecule has 0 bridgehead atoms. The number of aryl methyl sites for hydroxylation is 1. The van der Waals surface area contributed by atoms with Gasteiger partial charge in [-0.1, -0.05) is 12.1 Å². The van der Waals surface area contributed by atoms with E-state index in [1.807, 2.05) is 6.07 Å². The lowest BCUT2D eigenvalue weighted by atomic mass is 10.1. The van der Waals surface area contributed by atoms with Crippen molar-refractivity contribution in [3.05, 3.63) is 29.3 Å². The van der Waals surface area contributed by atoms with Crippen LogP contribution in [0.1, 0.15) is 30.4 Å². The van der Waals surface area contributed by atoms with Crippen LogP contribution in [0, 0.1) is 18.3 Å². The lowest BCUT2D eigenvalue weighted by Gasteiger charge is -2.31. The van der Waals surface area contributed by atoms with Crippen molar-refractivity contribution < 1.29 is 13.2 Å². The van der Waals surface area contributed by atoms with Gasteiger partial charge in [-0.3, -0.25) is 0 Å².